The first-order valence-electron chi connectivity index (χ1n) is 6.51. The summed E-state index contributed by atoms with van der Waals surface area (Å²) in [5.41, 5.74) is 0. The molecule has 1 saturated carbocycles. The van der Waals surface area contributed by atoms with Crippen molar-refractivity contribution >= 4 is 5.91 Å². The third-order valence-corrected chi connectivity index (χ3v) is 3.52. The van der Waals surface area contributed by atoms with E-state index in [-0.39, 0.29) is 5.91 Å². The fourth-order valence-corrected chi connectivity index (χ4v) is 2.26. The van der Waals surface area contributed by atoms with Crippen molar-refractivity contribution in [1.82, 2.24) is 5.32 Å². The van der Waals surface area contributed by atoms with Gasteiger partial charge in [0.1, 0.15) is 0 Å². The second-order valence-electron chi connectivity index (χ2n) is 4.92. The lowest BCUT2D eigenvalue weighted by Crippen LogP contribution is -2.32. The van der Waals surface area contributed by atoms with Crippen LogP contribution >= 0.6 is 0 Å². The number of hydrogen-bond donors (Lipinski definition) is 1. The summed E-state index contributed by atoms with van der Waals surface area (Å²) in [5.74, 6) is 1.07. The molecule has 2 nitrogen and oxygen atoms in total. The number of hydrogen-bond acceptors (Lipinski definition) is 1. The minimum absolute atomic E-state index is 0.245. The number of nitrogens with one attached hydrogen (secondary N) is 1. The Morgan fingerprint density at radius 2 is 2.00 bits per heavy atom. The summed E-state index contributed by atoms with van der Waals surface area (Å²) >= 11 is 0. The molecular weight excluding hydrogens is 186 g/mol. The highest BCUT2D eigenvalue weighted by atomic mass is 16.1. The van der Waals surface area contributed by atoms with Crippen LogP contribution in [0.5, 0.6) is 0 Å². The Kier molecular flexibility index (Phi) is 5.74. The molecule has 1 amide bonds. The van der Waals surface area contributed by atoms with Crippen LogP contribution in [0.25, 0.3) is 0 Å². The van der Waals surface area contributed by atoms with Gasteiger partial charge < -0.3 is 5.32 Å². The largest absolute Gasteiger partial charge is 0.354 e. The quantitative estimate of drug-likeness (QED) is 0.743. The van der Waals surface area contributed by atoms with Crippen molar-refractivity contribution in [1.29, 1.82) is 0 Å². The number of amides is 1. The standard InChI is InChI=1S/C13H25NO/c1-3-11(2)14-13(15)10-9-12-7-5-4-6-8-12/h11-12H,3-10H2,1-2H3,(H,14,15)/t11-/m1/s1. The summed E-state index contributed by atoms with van der Waals surface area (Å²) in [6, 6.07) is 0.337. The molecular formula is C13H25NO. The van der Waals surface area contributed by atoms with E-state index in [2.05, 4.69) is 19.2 Å². The highest BCUT2D eigenvalue weighted by Gasteiger charge is 2.15. The fraction of sp³-hybridized carbons (Fsp3) is 0.923. The smallest absolute Gasteiger partial charge is 0.220 e. The van der Waals surface area contributed by atoms with Crippen LogP contribution in [0.2, 0.25) is 0 Å². The van der Waals surface area contributed by atoms with Gasteiger partial charge in [-0.1, -0.05) is 39.0 Å². The molecule has 0 spiro atoms. The summed E-state index contributed by atoms with van der Waals surface area (Å²) in [6.45, 7) is 4.17. The normalized spacial score (nSPS) is 19.9. The Labute approximate surface area is 93.8 Å². The Morgan fingerprint density at radius 1 is 1.33 bits per heavy atom. The van der Waals surface area contributed by atoms with E-state index in [1.807, 2.05) is 0 Å². The molecule has 0 radical (unpaired) electrons. The molecule has 0 aromatic heterocycles. The molecule has 0 bridgehead atoms. The lowest BCUT2D eigenvalue weighted by molar-refractivity contribution is -0.122. The molecule has 0 aromatic rings. The van der Waals surface area contributed by atoms with E-state index in [4.69, 9.17) is 0 Å². The summed E-state index contributed by atoms with van der Waals surface area (Å²) in [7, 11) is 0. The Hall–Kier alpha value is -0.530. The molecule has 1 atom stereocenters. The van der Waals surface area contributed by atoms with Gasteiger partial charge in [-0.05, 0) is 25.7 Å². The van der Waals surface area contributed by atoms with Crippen LogP contribution in [0.15, 0.2) is 0 Å². The molecule has 0 aliphatic heterocycles. The average molecular weight is 211 g/mol. The molecule has 88 valence electrons. The molecule has 1 rings (SSSR count). The summed E-state index contributed by atoms with van der Waals surface area (Å²) < 4.78 is 0. The molecule has 0 unspecified atom stereocenters. The summed E-state index contributed by atoms with van der Waals surface area (Å²) in [6.07, 6.45) is 9.69. The van der Waals surface area contributed by atoms with E-state index in [1.165, 1.54) is 32.1 Å². The van der Waals surface area contributed by atoms with Crippen LogP contribution in [-0.4, -0.2) is 11.9 Å². The lowest BCUT2D eigenvalue weighted by atomic mass is 9.86. The molecule has 15 heavy (non-hydrogen) atoms. The molecule has 0 heterocycles. The lowest BCUT2D eigenvalue weighted by Gasteiger charge is -2.21. The SMILES string of the molecule is CC[C@@H](C)NC(=O)CCC1CCCCC1. The third kappa shape index (κ3) is 5.19. The Bertz CT molecular complexity index is 185. The Morgan fingerprint density at radius 3 is 2.60 bits per heavy atom. The van der Waals surface area contributed by atoms with Crippen molar-refractivity contribution in [2.75, 3.05) is 0 Å². The van der Waals surface area contributed by atoms with Gasteiger partial charge in [-0.3, -0.25) is 4.79 Å². The number of carbonyl (C=O) groups is 1. The number of rotatable bonds is 5. The topological polar surface area (TPSA) is 29.1 Å². The highest BCUT2D eigenvalue weighted by Crippen LogP contribution is 2.27. The maximum absolute atomic E-state index is 11.5. The van der Waals surface area contributed by atoms with E-state index in [9.17, 15) is 4.79 Å². The van der Waals surface area contributed by atoms with E-state index < -0.39 is 0 Å². The molecule has 0 aromatic carbocycles. The molecule has 1 aliphatic carbocycles. The van der Waals surface area contributed by atoms with Crippen molar-refractivity contribution in [3.05, 3.63) is 0 Å². The zero-order valence-electron chi connectivity index (χ0n) is 10.2. The van der Waals surface area contributed by atoms with E-state index >= 15 is 0 Å². The fourth-order valence-electron chi connectivity index (χ4n) is 2.26. The summed E-state index contributed by atoms with van der Waals surface area (Å²) in [4.78, 5) is 11.5. The van der Waals surface area contributed by atoms with Crippen molar-refractivity contribution in [3.8, 4) is 0 Å². The van der Waals surface area contributed by atoms with Gasteiger partial charge in [0, 0.05) is 12.5 Å². The van der Waals surface area contributed by atoms with Crippen LogP contribution in [0.4, 0.5) is 0 Å². The second kappa shape index (κ2) is 6.86. The highest BCUT2D eigenvalue weighted by molar-refractivity contribution is 5.76. The first-order valence-corrected chi connectivity index (χ1v) is 6.51. The second-order valence-corrected chi connectivity index (χ2v) is 4.92. The van der Waals surface area contributed by atoms with Crippen molar-refractivity contribution in [2.45, 2.75) is 71.3 Å². The maximum Gasteiger partial charge on any atom is 0.220 e. The van der Waals surface area contributed by atoms with Crippen LogP contribution in [-0.2, 0) is 4.79 Å². The van der Waals surface area contributed by atoms with Gasteiger partial charge in [0.2, 0.25) is 5.91 Å². The predicted molar refractivity (Wildman–Crippen MR) is 63.7 cm³/mol. The van der Waals surface area contributed by atoms with E-state index in [1.54, 1.807) is 0 Å². The van der Waals surface area contributed by atoms with Gasteiger partial charge in [-0.15, -0.1) is 0 Å². The zero-order valence-corrected chi connectivity index (χ0v) is 10.2. The molecule has 1 aliphatic rings. The molecule has 0 saturated heterocycles. The van der Waals surface area contributed by atoms with E-state index in [0.29, 0.717) is 6.04 Å². The van der Waals surface area contributed by atoms with Crippen LogP contribution in [0.3, 0.4) is 0 Å². The van der Waals surface area contributed by atoms with Gasteiger partial charge in [-0.25, -0.2) is 0 Å². The van der Waals surface area contributed by atoms with Crippen LogP contribution < -0.4 is 5.32 Å². The van der Waals surface area contributed by atoms with Gasteiger partial charge in [0.15, 0.2) is 0 Å². The molecule has 1 N–H and O–H groups in total. The Balaban J connectivity index is 2.10. The maximum atomic E-state index is 11.5. The molecule has 2 heteroatoms. The van der Waals surface area contributed by atoms with Crippen molar-refractivity contribution in [3.63, 3.8) is 0 Å². The van der Waals surface area contributed by atoms with Gasteiger partial charge in [0.05, 0.1) is 0 Å². The first kappa shape index (κ1) is 12.5. The van der Waals surface area contributed by atoms with Crippen molar-refractivity contribution < 1.29 is 4.79 Å². The van der Waals surface area contributed by atoms with Gasteiger partial charge in [0.25, 0.3) is 0 Å². The van der Waals surface area contributed by atoms with Crippen molar-refractivity contribution in [2.24, 2.45) is 5.92 Å². The van der Waals surface area contributed by atoms with Gasteiger partial charge in [-0.2, -0.15) is 0 Å². The predicted octanol–water partition coefficient (Wildman–Crippen LogP) is 3.26. The van der Waals surface area contributed by atoms with Gasteiger partial charge >= 0.3 is 0 Å². The summed E-state index contributed by atoms with van der Waals surface area (Å²) in [5, 5.41) is 3.03. The van der Waals surface area contributed by atoms with Crippen LogP contribution in [0, 0.1) is 5.92 Å². The monoisotopic (exact) mass is 211 g/mol. The minimum atomic E-state index is 0.245. The third-order valence-electron chi connectivity index (χ3n) is 3.52. The zero-order chi connectivity index (χ0) is 11.1. The van der Waals surface area contributed by atoms with E-state index in [0.717, 1.165) is 25.2 Å². The van der Waals surface area contributed by atoms with Crippen LogP contribution in [0.1, 0.15) is 65.2 Å². The first-order chi connectivity index (χ1) is 7.22. The molecule has 1 fully saturated rings. The number of carbonyl (C=O) groups excluding carboxylic acids is 1. The average Bonchev–Trinajstić information content (AvgIpc) is 2.27. The minimum Gasteiger partial charge on any atom is -0.354 e.